The molecule has 0 saturated carbocycles. The number of aliphatic hydroxyl groups is 1. The molecule has 5 aliphatic heterocycles. The molecule has 8 atom stereocenters. The molecular formula is C13H19NO6. The summed E-state index contributed by atoms with van der Waals surface area (Å²) in [7, 11) is 0. The lowest BCUT2D eigenvalue weighted by molar-refractivity contribution is -0.230. The molecule has 0 spiro atoms. The summed E-state index contributed by atoms with van der Waals surface area (Å²) in [6.07, 6.45) is -1.51. The van der Waals surface area contributed by atoms with Crippen LogP contribution in [0.3, 0.4) is 0 Å². The number of ether oxygens (including phenoxy) is 4. The van der Waals surface area contributed by atoms with E-state index in [2.05, 4.69) is 0 Å². The maximum absolute atomic E-state index is 10.5. The lowest BCUT2D eigenvalue weighted by atomic mass is 9.83. The van der Waals surface area contributed by atoms with Crippen LogP contribution in [-0.2, 0) is 23.8 Å². The van der Waals surface area contributed by atoms with Gasteiger partial charge in [0.2, 0.25) is 0 Å². The van der Waals surface area contributed by atoms with E-state index in [1.165, 1.54) is 0 Å². The van der Waals surface area contributed by atoms with Gasteiger partial charge in [-0.05, 0) is 13.8 Å². The van der Waals surface area contributed by atoms with Gasteiger partial charge >= 0.3 is 0 Å². The minimum absolute atomic E-state index is 0.00423. The summed E-state index contributed by atoms with van der Waals surface area (Å²) in [5.74, 6) is -0.612. The van der Waals surface area contributed by atoms with Gasteiger partial charge in [0.15, 0.2) is 12.1 Å². The van der Waals surface area contributed by atoms with Crippen molar-refractivity contribution >= 4 is 0 Å². The number of fused-ring (bicyclic) bond motifs is 8. The second-order valence-electron chi connectivity index (χ2n) is 6.74. The molecule has 5 aliphatic rings. The zero-order chi connectivity index (χ0) is 13.6. The molecular weight excluding hydrogens is 266 g/mol. The molecule has 5 rings (SSSR count). The molecule has 20 heavy (non-hydrogen) atoms. The number of hydrogen-bond donors (Lipinski definition) is 1. The molecule has 0 aliphatic carbocycles. The Morgan fingerprint density at radius 3 is 2.85 bits per heavy atom. The Labute approximate surface area is 116 Å². The highest BCUT2D eigenvalue weighted by Gasteiger charge is 2.66. The van der Waals surface area contributed by atoms with Gasteiger partial charge in [0.1, 0.15) is 30.5 Å². The first-order valence-corrected chi connectivity index (χ1v) is 7.28. The predicted octanol–water partition coefficient (Wildman–Crippen LogP) is -0.763. The van der Waals surface area contributed by atoms with Crippen molar-refractivity contribution < 1.29 is 28.9 Å². The zero-order valence-corrected chi connectivity index (χ0v) is 11.5. The van der Waals surface area contributed by atoms with E-state index in [1.54, 1.807) is 0 Å². The van der Waals surface area contributed by atoms with Crippen LogP contribution in [0.15, 0.2) is 0 Å². The summed E-state index contributed by atoms with van der Waals surface area (Å²) in [4.78, 5) is 6.00. The fraction of sp³-hybridized carbons (Fsp3) is 1.00. The van der Waals surface area contributed by atoms with Crippen LogP contribution in [0.1, 0.15) is 13.8 Å². The number of rotatable bonds is 0. The lowest BCUT2D eigenvalue weighted by Gasteiger charge is -2.35. The number of hydrogen-bond acceptors (Lipinski definition) is 7. The normalized spacial score (nSPS) is 59.5. The van der Waals surface area contributed by atoms with E-state index >= 15 is 0 Å². The van der Waals surface area contributed by atoms with Crippen molar-refractivity contribution in [2.45, 2.75) is 62.5 Å². The van der Waals surface area contributed by atoms with Crippen LogP contribution >= 0.6 is 0 Å². The van der Waals surface area contributed by atoms with Crippen molar-refractivity contribution in [2.24, 2.45) is 5.92 Å². The van der Waals surface area contributed by atoms with E-state index in [4.69, 9.17) is 23.8 Å². The quantitative estimate of drug-likeness (QED) is 0.627. The third-order valence-corrected chi connectivity index (χ3v) is 5.05. The lowest BCUT2D eigenvalue weighted by Crippen LogP contribution is -2.53. The fourth-order valence-corrected chi connectivity index (χ4v) is 4.39. The zero-order valence-electron chi connectivity index (χ0n) is 11.5. The van der Waals surface area contributed by atoms with Gasteiger partial charge in [0.25, 0.3) is 0 Å². The largest absolute Gasteiger partial charge is 0.387 e. The van der Waals surface area contributed by atoms with Gasteiger partial charge in [0, 0.05) is 5.92 Å². The van der Waals surface area contributed by atoms with Gasteiger partial charge in [-0.2, -0.15) is 5.06 Å². The topological polar surface area (TPSA) is 69.6 Å². The van der Waals surface area contributed by atoms with Crippen LogP contribution in [0, 0.1) is 5.92 Å². The molecule has 7 nitrogen and oxygen atoms in total. The Morgan fingerprint density at radius 1 is 1.15 bits per heavy atom. The Morgan fingerprint density at radius 2 is 2.00 bits per heavy atom. The third kappa shape index (κ3) is 1.44. The van der Waals surface area contributed by atoms with Crippen molar-refractivity contribution in [3.63, 3.8) is 0 Å². The van der Waals surface area contributed by atoms with Crippen molar-refractivity contribution in [2.75, 3.05) is 13.2 Å². The standard InChI is InChI=1S/C13H19NO6/c1-13(2)18-5-3-14-8(11(5)19-13)7-9(15)12-16-4-6(17-12)10(7)20-14/h5-12,15H,3-4H2,1-2H3/t5-,6-,7+,8+,9+,10-,11-,12-/m1/s1. The molecule has 7 heteroatoms. The van der Waals surface area contributed by atoms with Crippen LogP contribution < -0.4 is 0 Å². The molecule has 0 aromatic carbocycles. The molecule has 1 N–H and O–H groups in total. The average Bonchev–Trinajstić information content (AvgIpc) is 3.04. The van der Waals surface area contributed by atoms with E-state index in [1.807, 2.05) is 18.9 Å². The first-order valence-electron chi connectivity index (χ1n) is 7.28. The van der Waals surface area contributed by atoms with Gasteiger partial charge < -0.3 is 24.1 Å². The first kappa shape index (κ1) is 12.3. The van der Waals surface area contributed by atoms with Gasteiger partial charge in [0.05, 0.1) is 19.2 Å². The number of aliphatic hydroxyl groups excluding tert-OH is 1. The molecule has 2 bridgehead atoms. The molecule has 0 aromatic rings. The Kier molecular flexibility index (Phi) is 2.29. The number of nitrogens with zero attached hydrogens (tertiary/aromatic N) is 1. The van der Waals surface area contributed by atoms with Crippen molar-refractivity contribution in [1.82, 2.24) is 5.06 Å². The van der Waals surface area contributed by atoms with Crippen LogP contribution in [0.5, 0.6) is 0 Å². The van der Waals surface area contributed by atoms with Gasteiger partial charge in [-0.1, -0.05) is 0 Å². The smallest absolute Gasteiger partial charge is 0.184 e. The van der Waals surface area contributed by atoms with Gasteiger partial charge in [-0.3, -0.25) is 4.84 Å². The predicted molar refractivity (Wildman–Crippen MR) is 63.3 cm³/mol. The molecule has 5 saturated heterocycles. The van der Waals surface area contributed by atoms with Crippen LogP contribution in [0.4, 0.5) is 0 Å². The van der Waals surface area contributed by atoms with Crippen LogP contribution in [0.2, 0.25) is 0 Å². The summed E-state index contributed by atoms with van der Waals surface area (Å²) < 4.78 is 23.1. The maximum atomic E-state index is 10.5. The SMILES string of the molecule is CC1(C)O[C@H]2[C@@H]3[C@H]4[C@H](O)[C@@H]5OC[C@@H](O5)[C@H]4ON3C[C@H]2O1. The molecule has 0 radical (unpaired) electrons. The molecule has 5 heterocycles. The highest BCUT2D eigenvalue weighted by molar-refractivity contribution is 5.10. The Balaban J connectivity index is 1.48. The Bertz CT molecular complexity index is 445. The minimum atomic E-state index is -0.681. The monoisotopic (exact) mass is 285 g/mol. The highest BCUT2D eigenvalue weighted by Crippen LogP contribution is 2.49. The van der Waals surface area contributed by atoms with Gasteiger partial charge in [-0.15, -0.1) is 0 Å². The molecule has 112 valence electrons. The summed E-state index contributed by atoms with van der Waals surface area (Å²) >= 11 is 0. The summed E-state index contributed by atoms with van der Waals surface area (Å²) in [6, 6.07) is 0.0115. The minimum Gasteiger partial charge on any atom is -0.387 e. The summed E-state index contributed by atoms with van der Waals surface area (Å²) in [5.41, 5.74) is 0. The van der Waals surface area contributed by atoms with E-state index in [9.17, 15) is 5.11 Å². The molecule has 0 unspecified atom stereocenters. The van der Waals surface area contributed by atoms with E-state index in [-0.39, 0.29) is 36.4 Å². The highest BCUT2D eigenvalue weighted by atomic mass is 16.8. The summed E-state index contributed by atoms with van der Waals surface area (Å²) in [6.45, 7) is 5.02. The average molecular weight is 285 g/mol. The van der Waals surface area contributed by atoms with Crippen LogP contribution in [-0.4, -0.2) is 72.0 Å². The molecule has 5 fully saturated rings. The molecule has 0 aromatic heterocycles. The van der Waals surface area contributed by atoms with E-state index < -0.39 is 18.2 Å². The molecule has 0 amide bonds. The maximum Gasteiger partial charge on any atom is 0.184 e. The van der Waals surface area contributed by atoms with Crippen LogP contribution in [0.25, 0.3) is 0 Å². The van der Waals surface area contributed by atoms with Crippen molar-refractivity contribution in [3.05, 3.63) is 0 Å². The third-order valence-electron chi connectivity index (χ3n) is 5.05. The Hall–Kier alpha value is -0.280. The van der Waals surface area contributed by atoms with Crippen molar-refractivity contribution in [3.8, 4) is 0 Å². The summed E-state index contributed by atoms with van der Waals surface area (Å²) in [5, 5.41) is 12.4. The fourth-order valence-electron chi connectivity index (χ4n) is 4.39. The van der Waals surface area contributed by atoms with Gasteiger partial charge in [-0.25, -0.2) is 0 Å². The number of hydroxylamine groups is 2. The first-order chi connectivity index (χ1) is 9.53. The second-order valence-corrected chi connectivity index (χ2v) is 6.74. The second kappa shape index (κ2) is 3.73. The van der Waals surface area contributed by atoms with E-state index in [0.717, 1.165) is 0 Å². The van der Waals surface area contributed by atoms with Crippen molar-refractivity contribution in [1.29, 1.82) is 0 Å². The van der Waals surface area contributed by atoms with E-state index in [0.29, 0.717) is 13.2 Å².